The van der Waals surface area contributed by atoms with E-state index in [1.165, 1.54) is 0 Å². The molecule has 17 nitrogen and oxygen atoms in total. The number of nitrogens with one attached hydrogen (secondary N) is 6. The molecule has 412 valence electrons. The summed E-state index contributed by atoms with van der Waals surface area (Å²) in [6, 6.07) is 36.2. The fourth-order valence-corrected chi connectivity index (χ4v) is 9.32. The van der Waals surface area contributed by atoms with Crippen molar-refractivity contribution in [3.63, 3.8) is 0 Å². The molecule has 2 amide bonds. The van der Waals surface area contributed by atoms with Crippen molar-refractivity contribution in [1.82, 2.24) is 34.9 Å². The Kier molecular flexibility index (Phi) is 17.9. The number of carbonyl (C=O) groups excluding carboxylic acids is 2. The van der Waals surface area contributed by atoms with Gasteiger partial charge in [-0.3, -0.25) is 14.6 Å². The molecule has 10 rings (SSSR count). The maximum Gasteiger partial charge on any atom is 0.229 e. The Bertz CT molecular complexity index is 3680. The van der Waals surface area contributed by atoms with Crippen molar-refractivity contribution in [2.45, 2.75) is 90.0 Å². The first-order valence-electron chi connectivity index (χ1n) is 27.6. The van der Waals surface area contributed by atoms with Crippen molar-refractivity contribution in [1.29, 1.82) is 0 Å². The minimum absolute atomic E-state index is 0.0414. The number of anilines is 8. The van der Waals surface area contributed by atoms with Gasteiger partial charge in [-0.15, -0.1) is 0 Å². The van der Waals surface area contributed by atoms with E-state index in [4.69, 9.17) is 15.0 Å². The summed E-state index contributed by atoms with van der Waals surface area (Å²) in [5, 5.41) is 39.9. The lowest BCUT2D eigenvalue weighted by Crippen LogP contribution is -2.29. The molecule has 2 aliphatic carbocycles. The maximum atomic E-state index is 13.6. The Morgan fingerprint density at radius 3 is 1.71 bits per heavy atom. The van der Waals surface area contributed by atoms with Gasteiger partial charge in [0.15, 0.2) is 0 Å². The van der Waals surface area contributed by atoms with E-state index >= 15 is 0 Å². The molecule has 1 saturated carbocycles. The molecule has 5 heterocycles. The van der Waals surface area contributed by atoms with Gasteiger partial charge >= 0.3 is 0 Å². The first-order chi connectivity index (χ1) is 39.9. The molecule has 1 fully saturated rings. The number of hydrogen-bond acceptors (Lipinski definition) is 15. The molecule has 0 aliphatic heterocycles. The van der Waals surface area contributed by atoms with Crippen LogP contribution >= 0.6 is 0 Å². The minimum atomic E-state index is -0.472. The fraction of sp³-hybridized carbons (Fsp3) is 0.246. The van der Waals surface area contributed by atoms with Crippen LogP contribution in [0.15, 0.2) is 158 Å². The molecular weight excluding hydrogens is 1030 g/mol. The number of hydrogen-bond donors (Lipinski definition) is 8. The molecular formula is C65H63N13O4. The van der Waals surface area contributed by atoms with Crippen LogP contribution in [0, 0.1) is 35.5 Å². The second-order valence-electron chi connectivity index (χ2n) is 20.8. The Morgan fingerprint density at radius 1 is 0.561 bits per heavy atom. The van der Waals surface area contributed by atoms with Gasteiger partial charge < -0.3 is 42.1 Å². The summed E-state index contributed by atoms with van der Waals surface area (Å²) in [6.45, 7) is 5.58. The third-order valence-electron chi connectivity index (χ3n) is 14.0. The molecule has 0 spiro atoms. The minimum Gasteiger partial charge on any atom is -0.393 e. The molecule has 0 bridgehead atoms. The molecule has 0 radical (unpaired) electrons. The van der Waals surface area contributed by atoms with Crippen molar-refractivity contribution >= 4 is 58.1 Å². The van der Waals surface area contributed by atoms with E-state index in [0.717, 1.165) is 82.6 Å². The summed E-state index contributed by atoms with van der Waals surface area (Å²) in [4.78, 5) is 58.1. The lowest BCUT2D eigenvalue weighted by Gasteiger charge is -2.27. The Hall–Kier alpha value is -9.81. The number of pyridine rings is 3. The highest BCUT2D eigenvalue weighted by Crippen LogP contribution is 2.32. The summed E-state index contributed by atoms with van der Waals surface area (Å²) in [5.74, 6) is 14.0. The average molecular weight is 1090 g/mol. The Morgan fingerprint density at radius 2 is 1.15 bits per heavy atom. The largest absolute Gasteiger partial charge is 0.393 e. The van der Waals surface area contributed by atoms with Crippen LogP contribution in [0.3, 0.4) is 0 Å². The molecule has 8 N–H and O–H groups in total. The summed E-state index contributed by atoms with van der Waals surface area (Å²) in [7, 11) is 0. The summed E-state index contributed by atoms with van der Waals surface area (Å²) in [5.41, 5.74) is 9.69. The van der Waals surface area contributed by atoms with Crippen LogP contribution in [0.5, 0.6) is 0 Å². The van der Waals surface area contributed by atoms with E-state index in [0.29, 0.717) is 59.1 Å². The summed E-state index contributed by atoms with van der Waals surface area (Å²) in [6.07, 6.45) is 16.7. The highest BCUT2D eigenvalue weighted by atomic mass is 16.3. The number of nitrogens with zero attached hydrogens (tertiary/aromatic N) is 7. The molecule has 3 atom stereocenters. The molecule has 17 heteroatoms. The highest BCUT2D eigenvalue weighted by molar-refractivity contribution is 5.93. The van der Waals surface area contributed by atoms with Crippen LogP contribution in [0.25, 0.3) is 22.4 Å². The number of aliphatic hydroxyl groups excluding tert-OH is 2. The lowest BCUT2D eigenvalue weighted by atomic mass is 9.93. The van der Waals surface area contributed by atoms with Gasteiger partial charge in [0.05, 0.1) is 23.5 Å². The number of amides is 2. The van der Waals surface area contributed by atoms with Gasteiger partial charge in [0.1, 0.15) is 23.0 Å². The van der Waals surface area contributed by atoms with Gasteiger partial charge in [-0.1, -0.05) is 75.1 Å². The highest BCUT2D eigenvalue weighted by Gasteiger charge is 2.23. The van der Waals surface area contributed by atoms with Gasteiger partial charge in [-0.25, -0.2) is 19.9 Å². The molecule has 82 heavy (non-hydrogen) atoms. The molecule has 0 saturated heterocycles. The monoisotopic (exact) mass is 1090 g/mol. The van der Waals surface area contributed by atoms with Crippen LogP contribution in [-0.4, -0.2) is 81.2 Å². The second-order valence-corrected chi connectivity index (χ2v) is 20.8. The molecule has 8 aromatic rings. The van der Waals surface area contributed by atoms with Crippen molar-refractivity contribution < 1.29 is 19.8 Å². The van der Waals surface area contributed by atoms with Crippen LogP contribution < -0.4 is 31.9 Å². The van der Waals surface area contributed by atoms with Gasteiger partial charge in [-0.05, 0) is 153 Å². The number of carbonyl (C=O) groups is 2. The SMILES string of the molecule is CC(C)C(=O)Nc1ccnc(C#Cc2ccc(Nc3ncc(-c4ccc(CC(C)C(=O)Nc5ccnc(C#Cc6ccc(Nc7ncc(-c8ccccn8)c(NC8CCC(O)CC8)n7)cc6)c5)cc4)c(N[C@@H]4C=C[C@@H](O)CC4)n3)cc2)c1. The molecule has 3 aromatic carbocycles. The van der Waals surface area contributed by atoms with Crippen LogP contribution in [-0.2, 0) is 16.0 Å². The third kappa shape index (κ3) is 15.3. The topological polar surface area (TPSA) is 237 Å². The Labute approximate surface area is 477 Å². The summed E-state index contributed by atoms with van der Waals surface area (Å²) >= 11 is 0. The normalized spacial score (nSPS) is 16.8. The van der Waals surface area contributed by atoms with Gasteiger partial charge in [0.25, 0.3) is 0 Å². The van der Waals surface area contributed by atoms with Gasteiger partial charge in [-0.2, -0.15) is 9.97 Å². The predicted octanol–water partition coefficient (Wildman–Crippen LogP) is 10.7. The third-order valence-corrected chi connectivity index (χ3v) is 14.0. The number of aliphatic hydroxyl groups is 2. The maximum absolute atomic E-state index is 13.6. The van der Waals surface area contributed by atoms with E-state index in [9.17, 15) is 19.8 Å². The fourth-order valence-electron chi connectivity index (χ4n) is 9.32. The number of benzene rings is 3. The second kappa shape index (κ2) is 26.4. The molecule has 2 aliphatic rings. The zero-order chi connectivity index (χ0) is 56.8. The van der Waals surface area contributed by atoms with E-state index in [2.05, 4.69) is 75.5 Å². The van der Waals surface area contributed by atoms with E-state index in [-0.39, 0.29) is 41.8 Å². The van der Waals surface area contributed by atoms with E-state index < -0.39 is 6.10 Å². The standard InChI is InChI=1S/C65H63N13O4/c1-41(2)62(81)73-53-31-34-66-51(37-53)21-13-43-9-17-49(18-10-43)75-64-69-39-57(60(77-64)71-47-23-27-55(79)28-24-47)46-15-7-45(8-16-46)36-42(3)63(82)74-54-32-35-67-52(38-54)22-14-44-11-19-50(20-12-44)76-65-70-40-58(59-6-4-5-33-68-59)61(78-65)72-48-25-29-56(80)30-26-48/h4-12,15-20,23,27,31-35,37-42,47-48,55-56,79-80H,24-26,28-30,36H2,1-3H3,(H,66,73,81)(H,67,74,82)(H2,69,71,75,77)(H2,70,72,76,78)/t42?,47-,48?,55-,56?/m1/s1. The van der Waals surface area contributed by atoms with Crippen LogP contribution in [0.1, 0.15) is 87.4 Å². The zero-order valence-electron chi connectivity index (χ0n) is 45.8. The van der Waals surface area contributed by atoms with Crippen molar-refractivity contribution in [2.24, 2.45) is 11.8 Å². The van der Waals surface area contributed by atoms with E-state index in [1.807, 2.05) is 118 Å². The first-order valence-corrected chi connectivity index (χ1v) is 27.6. The van der Waals surface area contributed by atoms with Crippen molar-refractivity contribution in [2.75, 3.05) is 31.9 Å². The van der Waals surface area contributed by atoms with Crippen molar-refractivity contribution in [3.05, 3.63) is 186 Å². The van der Waals surface area contributed by atoms with Gasteiger partial charge in [0, 0.05) is 94.3 Å². The molecule has 5 aromatic heterocycles. The zero-order valence-corrected chi connectivity index (χ0v) is 45.8. The molecule has 1 unspecified atom stereocenters. The van der Waals surface area contributed by atoms with Crippen LogP contribution in [0.2, 0.25) is 0 Å². The van der Waals surface area contributed by atoms with E-state index in [1.54, 1.807) is 61.3 Å². The average Bonchev–Trinajstić information content (AvgIpc) is 3.57. The lowest BCUT2D eigenvalue weighted by molar-refractivity contribution is -0.119. The number of rotatable bonds is 16. The first kappa shape index (κ1) is 55.5. The summed E-state index contributed by atoms with van der Waals surface area (Å²) < 4.78 is 0. The quantitative estimate of drug-likeness (QED) is 0.0332. The van der Waals surface area contributed by atoms with Crippen LogP contribution in [0.4, 0.5) is 46.3 Å². The smallest absolute Gasteiger partial charge is 0.229 e. The Balaban J connectivity index is 0.745. The number of aromatic nitrogens is 7. The van der Waals surface area contributed by atoms with Crippen molar-refractivity contribution in [3.8, 4) is 46.1 Å². The predicted molar refractivity (Wildman–Crippen MR) is 321 cm³/mol. The van der Waals surface area contributed by atoms with Gasteiger partial charge in [0.2, 0.25) is 23.7 Å².